The Labute approximate surface area is 102 Å². The molecule has 4 heteroatoms. The number of hydrogen-bond acceptors (Lipinski definition) is 4. The number of thiazole rings is 1. The lowest BCUT2D eigenvalue weighted by Gasteiger charge is -2.22. The van der Waals surface area contributed by atoms with Crippen molar-refractivity contribution in [3.8, 4) is 0 Å². The molecule has 1 rings (SSSR count). The highest BCUT2D eigenvalue weighted by Gasteiger charge is 2.17. The molecule has 1 unspecified atom stereocenters. The fraction of sp³-hybridized carbons (Fsp3) is 0.750. The number of aliphatic hydroxyl groups is 1. The Bertz CT molecular complexity index is 336. The van der Waals surface area contributed by atoms with Crippen LogP contribution in [0.2, 0.25) is 0 Å². The molecule has 0 spiro atoms. The fourth-order valence-corrected chi connectivity index (χ4v) is 2.67. The summed E-state index contributed by atoms with van der Waals surface area (Å²) in [4.78, 5) is 7.82. The number of aliphatic hydroxyl groups excluding tert-OH is 1. The SMILES string of the molecule is CCC(C)N(C)c1nc(C(C)C)c(CO)s1. The molecule has 92 valence electrons. The van der Waals surface area contributed by atoms with Gasteiger partial charge < -0.3 is 10.0 Å². The highest BCUT2D eigenvalue weighted by atomic mass is 32.1. The molecule has 0 aliphatic carbocycles. The first-order valence-electron chi connectivity index (χ1n) is 5.84. The molecule has 1 aromatic rings. The minimum atomic E-state index is 0.0968. The van der Waals surface area contributed by atoms with Crippen LogP contribution in [0, 0.1) is 0 Å². The van der Waals surface area contributed by atoms with Gasteiger partial charge in [0.25, 0.3) is 0 Å². The molecule has 0 aliphatic heterocycles. The number of aromatic nitrogens is 1. The summed E-state index contributed by atoms with van der Waals surface area (Å²) in [6.07, 6.45) is 1.10. The van der Waals surface area contributed by atoms with E-state index < -0.39 is 0 Å². The highest BCUT2D eigenvalue weighted by molar-refractivity contribution is 7.15. The van der Waals surface area contributed by atoms with Crippen molar-refractivity contribution in [2.45, 2.75) is 52.7 Å². The minimum absolute atomic E-state index is 0.0968. The van der Waals surface area contributed by atoms with Crippen molar-refractivity contribution >= 4 is 16.5 Å². The van der Waals surface area contributed by atoms with Crippen LogP contribution < -0.4 is 4.90 Å². The van der Waals surface area contributed by atoms with Crippen molar-refractivity contribution in [3.63, 3.8) is 0 Å². The molecular formula is C12H22N2OS. The molecule has 1 atom stereocenters. The van der Waals surface area contributed by atoms with Crippen LogP contribution in [-0.2, 0) is 6.61 Å². The van der Waals surface area contributed by atoms with Crippen molar-refractivity contribution in [2.24, 2.45) is 0 Å². The molecule has 0 aromatic carbocycles. The van der Waals surface area contributed by atoms with Crippen molar-refractivity contribution < 1.29 is 5.11 Å². The summed E-state index contributed by atoms with van der Waals surface area (Å²) < 4.78 is 0. The lowest BCUT2D eigenvalue weighted by atomic mass is 10.1. The number of nitrogens with zero attached hydrogens (tertiary/aromatic N) is 2. The molecule has 0 radical (unpaired) electrons. The van der Waals surface area contributed by atoms with Gasteiger partial charge in [-0.25, -0.2) is 4.98 Å². The zero-order valence-electron chi connectivity index (χ0n) is 10.8. The van der Waals surface area contributed by atoms with Gasteiger partial charge in [-0.2, -0.15) is 0 Å². The minimum Gasteiger partial charge on any atom is -0.391 e. The van der Waals surface area contributed by atoms with Gasteiger partial charge in [-0.1, -0.05) is 32.1 Å². The van der Waals surface area contributed by atoms with E-state index in [1.807, 2.05) is 0 Å². The van der Waals surface area contributed by atoms with Gasteiger partial charge in [0.1, 0.15) is 0 Å². The lowest BCUT2D eigenvalue weighted by molar-refractivity contribution is 0.283. The van der Waals surface area contributed by atoms with Crippen LogP contribution in [0.4, 0.5) is 5.13 Å². The smallest absolute Gasteiger partial charge is 0.185 e. The van der Waals surface area contributed by atoms with Crippen molar-refractivity contribution in [1.82, 2.24) is 4.98 Å². The largest absolute Gasteiger partial charge is 0.391 e. The summed E-state index contributed by atoms with van der Waals surface area (Å²) in [6.45, 7) is 8.68. The maximum absolute atomic E-state index is 9.31. The zero-order chi connectivity index (χ0) is 12.3. The molecule has 3 nitrogen and oxygen atoms in total. The zero-order valence-corrected chi connectivity index (χ0v) is 11.6. The summed E-state index contributed by atoms with van der Waals surface area (Å²) in [5.41, 5.74) is 1.04. The second-order valence-electron chi connectivity index (χ2n) is 4.49. The van der Waals surface area contributed by atoms with Crippen LogP contribution in [0.15, 0.2) is 0 Å². The quantitative estimate of drug-likeness (QED) is 0.862. The van der Waals surface area contributed by atoms with Crippen molar-refractivity contribution in [1.29, 1.82) is 0 Å². The Morgan fingerprint density at radius 1 is 1.38 bits per heavy atom. The van der Waals surface area contributed by atoms with E-state index in [0.717, 1.165) is 22.1 Å². The van der Waals surface area contributed by atoms with Crippen molar-refractivity contribution in [2.75, 3.05) is 11.9 Å². The van der Waals surface area contributed by atoms with Gasteiger partial charge in [0.2, 0.25) is 0 Å². The van der Waals surface area contributed by atoms with Gasteiger partial charge in [-0.15, -0.1) is 0 Å². The molecule has 1 N–H and O–H groups in total. The van der Waals surface area contributed by atoms with E-state index in [-0.39, 0.29) is 6.61 Å². The fourth-order valence-electron chi connectivity index (χ4n) is 1.53. The van der Waals surface area contributed by atoms with Crippen LogP contribution in [0.1, 0.15) is 50.6 Å². The van der Waals surface area contributed by atoms with E-state index in [1.54, 1.807) is 11.3 Å². The Morgan fingerprint density at radius 2 is 2.00 bits per heavy atom. The Hall–Kier alpha value is -0.610. The first-order chi connectivity index (χ1) is 7.51. The van der Waals surface area contributed by atoms with Gasteiger partial charge in [-0.05, 0) is 19.3 Å². The predicted molar refractivity (Wildman–Crippen MR) is 70.3 cm³/mol. The van der Waals surface area contributed by atoms with E-state index in [2.05, 4.69) is 44.6 Å². The normalized spacial score (nSPS) is 13.2. The average Bonchev–Trinajstić information content (AvgIpc) is 2.70. The van der Waals surface area contributed by atoms with Gasteiger partial charge in [0.05, 0.1) is 17.2 Å². The third kappa shape index (κ3) is 2.74. The topological polar surface area (TPSA) is 36.4 Å². The van der Waals surface area contributed by atoms with E-state index >= 15 is 0 Å². The maximum Gasteiger partial charge on any atom is 0.185 e. The maximum atomic E-state index is 9.31. The second kappa shape index (κ2) is 5.64. The van der Waals surface area contributed by atoms with Gasteiger partial charge in [0.15, 0.2) is 5.13 Å². The predicted octanol–water partition coefficient (Wildman–Crippen LogP) is 2.99. The Kier molecular flexibility index (Phi) is 4.74. The Morgan fingerprint density at radius 3 is 2.38 bits per heavy atom. The van der Waals surface area contributed by atoms with Crippen LogP contribution in [0.5, 0.6) is 0 Å². The Balaban J connectivity index is 2.98. The lowest BCUT2D eigenvalue weighted by Crippen LogP contribution is -2.27. The molecule has 0 amide bonds. The third-order valence-electron chi connectivity index (χ3n) is 2.96. The summed E-state index contributed by atoms with van der Waals surface area (Å²) in [6, 6.07) is 0.484. The molecule has 16 heavy (non-hydrogen) atoms. The molecule has 1 aromatic heterocycles. The van der Waals surface area contributed by atoms with Crippen LogP contribution >= 0.6 is 11.3 Å². The molecule has 0 saturated carbocycles. The summed E-state index contributed by atoms with van der Waals surface area (Å²) >= 11 is 1.60. The monoisotopic (exact) mass is 242 g/mol. The molecule has 0 fully saturated rings. The first kappa shape index (κ1) is 13.5. The second-order valence-corrected chi connectivity index (χ2v) is 5.55. The van der Waals surface area contributed by atoms with E-state index in [4.69, 9.17) is 0 Å². The van der Waals surface area contributed by atoms with Gasteiger partial charge in [-0.3, -0.25) is 0 Å². The standard InChI is InChI=1S/C12H22N2OS/c1-6-9(4)14(5)12-13-11(8(2)3)10(7-15)16-12/h8-9,15H,6-7H2,1-5H3. The van der Waals surface area contributed by atoms with Crippen LogP contribution in [-0.4, -0.2) is 23.2 Å². The van der Waals surface area contributed by atoms with Gasteiger partial charge in [0, 0.05) is 13.1 Å². The van der Waals surface area contributed by atoms with Gasteiger partial charge >= 0.3 is 0 Å². The van der Waals surface area contributed by atoms with Crippen LogP contribution in [0.3, 0.4) is 0 Å². The summed E-state index contributed by atoms with van der Waals surface area (Å²) in [5.74, 6) is 0.373. The summed E-state index contributed by atoms with van der Waals surface area (Å²) in [7, 11) is 2.07. The molecule has 0 bridgehead atoms. The van der Waals surface area contributed by atoms with E-state index in [9.17, 15) is 5.11 Å². The van der Waals surface area contributed by atoms with E-state index in [1.165, 1.54) is 0 Å². The summed E-state index contributed by atoms with van der Waals surface area (Å²) in [5, 5.41) is 10.3. The number of anilines is 1. The average molecular weight is 242 g/mol. The molecule has 1 heterocycles. The highest BCUT2D eigenvalue weighted by Crippen LogP contribution is 2.31. The number of rotatable bonds is 5. The molecular weight excluding hydrogens is 220 g/mol. The van der Waals surface area contributed by atoms with E-state index in [0.29, 0.717) is 12.0 Å². The van der Waals surface area contributed by atoms with Crippen LogP contribution in [0.25, 0.3) is 0 Å². The first-order valence-corrected chi connectivity index (χ1v) is 6.66. The third-order valence-corrected chi connectivity index (χ3v) is 4.11. The number of hydrogen-bond donors (Lipinski definition) is 1. The molecule has 0 saturated heterocycles. The van der Waals surface area contributed by atoms with Crippen molar-refractivity contribution in [3.05, 3.63) is 10.6 Å². The molecule has 0 aliphatic rings.